The van der Waals surface area contributed by atoms with Crippen LogP contribution >= 0.6 is 23.2 Å². The third-order valence-electron chi connectivity index (χ3n) is 4.52. The quantitative estimate of drug-likeness (QED) is 0.272. The first kappa shape index (κ1) is 26.1. The van der Waals surface area contributed by atoms with Crippen molar-refractivity contribution in [3.63, 3.8) is 0 Å². The normalized spacial score (nSPS) is 12.0. The topological polar surface area (TPSA) is 160 Å². The number of amides is 1. The highest BCUT2D eigenvalue weighted by molar-refractivity contribution is 7.90. The molecule has 0 saturated heterocycles. The van der Waals surface area contributed by atoms with Crippen LogP contribution in [0.25, 0.3) is 0 Å². The Labute approximate surface area is 210 Å². The van der Waals surface area contributed by atoms with Gasteiger partial charge in [-0.1, -0.05) is 35.3 Å². The molecule has 1 amide bonds. The summed E-state index contributed by atoms with van der Waals surface area (Å²) in [4.78, 5) is 35.7. The number of anilines is 2. The van der Waals surface area contributed by atoms with Crippen molar-refractivity contribution in [2.45, 2.75) is 17.6 Å². The van der Waals surface area contributed by atoms with Crippen molar-refractivity contribution in [3.8, 4) is 5.88 Å². The number of carboxylic acids is 1. The smallest absolute Gasteiger partial charge is 0.326 e. The maximum absolute atomic E-state index is 12.4. The van der Waals surface area contributed by atoms with Crippen LogP contribution in [0.1, 0.15) is 15.9 Å². The van der Waals surface area contributed by atoms with Crippen molar-refractivity contribution in [2.24, 2.45) is 0 Å². The molecule has 0 bridgehead atoms. The van der Waals surface area contributed by atoms with Gasteiger partial charge in [0.2, 0.25) is 15.7 Å². The van der Waals surface area contributed by atoms with E-state index in [-0.39, 0.29) is 34.0 Å². The van der Waals surface area contributed by atoms with Crippen molar-refractivity contribution >= 4 is 56.4 Å². The molecule has 0 aliphatic carbocycles. The van der Waals surface area contributed by atoms with Gasteiger partial charge in [-0.15, -0.1) is 0 Å². The van der Waals surface area contributed by atoms with Crippen LogP contribution in [0.5, 0.6) is 5.88 Å². The van der Waals surface area contributed by atoms with Gasteiger partial charge >= 0.3 is 5.97 Å². The molecule has 3 rings (SSSR count). The lowest BCUT2D eigenvalue weighted by Gasteiger charge is -2.16. The van der Waals surface area contributed by atoms with Crippen LogP contribution in [0, 0.1) is 0 Å². The van der Waals surface area contributed by atoms with Crippen LogP contribution < -0.4 is 15.4 Å². The number of carbonyl (C=O) groups excluding carboxylic acids is 1. The minimum Gasteiger partial charge on any atom is -0.481 e. The zero-order valence-electron chi connectivity index (χ0n) is 18.3. The molecule has 0 aliphatic rings. The summed E-state index contributed by atoms with van der Waals surface area (Å²) < 4.78 is 28.6. The van der Waals surface area contributed by atoms with Crippen LogP contribution in [0.4, 0.5) is 11.5 Å². The van der Waals surface area contributed by atoms with E-state index in [0.717, 1.165) is 6.26 Å². The first-order valence-electron chi connectivity index (χ1n) is 9.80. The van der Waals surface area contributed by atoms with Gasteiger partial charge in [-0.25, -0.2) is 23.2 Å². The second kappa shape index (κ2) is 10.8. The largest absolute Gasteiger partial charge is 0.481 e. The molecular formula is C21H19Cl2N5O6S. The molecule has 3 N–H and O–H groups in total. The summed E-state index contributed by atoms with van der Waals surface area (Å²) in [5.74, 6) is -1.70. The van der Waals surface area contributed by atoms with Crippen molar-refractivity contribution in [1.82, 2.24) is 15.0 Å². The number of carboxylic acid groups (broad SMARTS) is 1. The number of methoxy groups -OCH3 is 1. The molecule has 1 aromatic carbocycles. The Morgan fingerprint density at radius 3 is 2.23 bits per heavy atom. The van der Waals surface area contributed by atoms with Crippen LogP contribution in [0.3, 0.4) is 0 Å². The molecule has 14 heteroatoms. The van der Waals surface area contributed by atoms with Crippen LogP contribution in [0.2, 0.25) is 10.3 Å². The fraction of sp³-hybridized carbons (Fsp3) is 0.190. The van der Waals surface area contributed by atoms with Gasteiger partial charge in [0, 0.05) is 30.0 Å². The monoisotopic (exact) mass is 539 g/mol. The van der Waals surface area contributed by atoms with Gasteiger partial charge in [0.15, 0.2) is 0 Å². The standard InChI is InChI=1S/C21H19Cl2N5O6S/c1-34-18-10-17(27-21(28-18)35(2,32)33)25-14(20(30)31)7-11-3-5-13(6-4-11)24-19(29)12-8-15(22)26-16(23)9-12/h3-6,8-10,14H,7H2,1-2H3,(H,24,29)(H,30,31)(H,25,27,28)/t14-/m0/s1. The van der Waals surface area contributed by atoms with Gasteiger partial charge in [0.1, 0.15) is 22.2 Å². The Bertz CT molecular complexity index is 1350. The van der Waals surface area contributed by atoms with E-state index in [2.05, 4.69) is 25.6 Å². The molecule has 1 atom stereocenters. The first-order valence-corrected chi connectivity index (χ1v) is 12.4. The van der Waals surface area contributed by atoms with Crippen LogP contribution in [0.15, 0.2) is 47.6 Å². The fourth-order valence-corrected chi connectivity index (χ4v) is 3.87. The average Bonchev–Trinajstić information content (AvgIpc) is 2.78. The predicted molar refractivity (Wildman–Crippen MR) is 129 cm³/mol. The number of aliphatic carboxylic acids is 1. The molecular weight excluding hydrogens is 521 g/mol. The Morgan fingerprint density at radius 1 is 1.06 bits per heavy atom. The lowest BCUT2D eigenvalue weighted by Crippen LogP contribution is -2.32. The zero-order valence-corrected chi connectivity index (χ0v) is 20.6. The average molecular weight is 540 g/mol. The van der Waals surface area contributed by atoms with Crippen molar-refractivity contribution < 1.29 is 27.9 Å². The molecule has 35 heavy (non-hydrogen) atoms. The second-order valence-corrected chi connectivity index (χ2v) is 9.93. The molecule has 0 spiro atoms. The van der Waals surface area contributed by atoms with Crippen molar-refractivity contribution in [2.75, 3.05) is 24.0 Å². The Balaban J connectivity index is 1.73. The molecule has 0 unspecified atom stereocenters. The maximum atomic E-state index is 12.4. The molecule has 184 valence electrons. The maximum Gasteiger partial charge on any atom is 0.326 e. The van der Waals surface area contributed by atoms with Gasteiger partial charge in [-0.05, 0) is 29.8 Å². The third kappa shape index (κ3) is 7.25. The highest BCUT2D eigenvalue weighted by atomic mass is 35.5. The van der Waals surface area contributed by atoms with E-state index >= 15 is 0 Å². The fourth-order valence-electron chi connectivity index (χ4n) is 2.89. The van der Waals surface area contributed by atoms with Gasteiger partial charge in [0.05, 0.1) is 7.11 Å². The number of aromatic nitrogens is 3. The molecule has 0 aliphatic heterocycles. The van der Waals surface area contributed by atoms with E-state index in [0.29, 0.717) is 11.3 Å². The Kier molecular flexibility index (Phi) is 8.10. The van der Waals surface area contributed by atoms with Gasteiger partial charge in [0.25, 0.3) is 11.1 Å². The summed E-state index contributed by atoms with van der Waals surface area (Å²) >= 11 is 11.6. The molecule has 11 nitrogen and oxygen atoms in total. The number of sulfone groups is 1. The van der Waals surface area contributed by atoms with E-state index in [1.165, 1.54) is 25.3 Å². The Hall–Kier alpha value is -3.48. The number of benzene rings is 1. The summed E-state index contributed by atoms with van der Waals surface area (Å²) in [6, 6.07) is 9.38. The summed E-state index contributed by atoms with van der Waals surface area (Å²) in [7, 11) is -2.46. The number of pyridine rings is 1. The molecule has 2 heterocycles. The molecule has 3 aromatic rings. The minimum atomic E-state index is -3.75. The number of hydrogen-bond donors (Lipinski definition) is 3. The van der Waals surface area contributed by atoms with Crippen LogP contribution in [-0.4, -0.2) is 59.8 Å². The van der Waals surface area contributed by atoms with E-state index < -0.39 is 32.9 Å². The molecule has 0 saturated carbocycles. The second-order valence-electron chi connectivity index (χ2n) is 7.24. The van der Waals surface area contributed by atoms with E-state index in [9.17, 15) is 23.1 Å². The van der Waals surface area contributed by atoms with E-state index in [1.807, 2.05) is 0 Å². The summed E-state index contributed by atoms with van der Waals surface area (Å²) in [5, 5.41) is 14.7. The molecule has 0 fully saturated rings. The lowest BCUT2D eigenvalue weighted by molar-refractivity contribution is -0.137. The van der Waals surface area contributed by atoms with Gasteiger partial charge < -0.3 is 20.5 Å². The van der Waals surface area contributed by atoms with Crippen LogP contribution in [-0.2, 0) is 21.1 Å². The molecule has 0 radical (unpaired) electrons. The SMILES string of the molecule is COc1cc(N[C@@H](Cc2ccc(NC(=O)c3cc(Cl)nc(Cl)c3)cc2)C(=O)O)nc(S(C)(=O)=O)n1. The zero-order chi connectivity index (χ0) is 25.8. The van der Waals surface area contributed by atoms with Crippen molar-refractivity contribution in [1.29, 1.82) is 0 Å². The number of nitrogens with one attached hydrogen (secondary N) is 2. The summed E-state index contributed by atoms with van der Waals surface area (Å²) in [6.07, 6.45) is 0.956. The number of ether oxygens (including phenoxy) is 1. The first-order chi connectivity index (χ1) is 16.4. The molecule has 2 aromatic heterocycles. The van der Waals surface area contributed by atoms with Crippen molar-refractivity contribution in [3.05, 3.63) is 63.9 Å². The number of nitrogens with zero attached hydrogens (tertiary/aromatic N) is 3. The number of halogens is 2. The van der Waals surface area contributed by atoms with Gasteiger partial charge in [-0.2, -0.15) is 4.98 Å². The minimum absolute atomic E-state index is 0.0248. The highest BCUT2D eigenvalue weighted by Crippen LogP contribution is 2.20. The van der Waals surface area contributed by atoms with E-state index in [1.54, 1.807) is 24.3 Å². The highest BCUT2D eigenvalue weighted by Gasteiger charge is 2.21. The Morgan fingerprint density at radius 2 is 1.69 bits per heavy atom. The third-order valence-corrected chi connectivity index (χ3v) is 5.75. The summed E-state index contributed by atoms with van der Waals surface area (Å²) in [5.41, 5.74) is 1.31. The predicted octanol–water partition coefficient (Wildman–Crippen LogP) is 2.95. The van der Waals surface area contributed by atoms with Gasteiger partial charge in [-0.3, -0.25) is 4.79 Å². The number of carbonyl (C=O) groups is 2. The number of hydrogen-bond acceptors (Lipinski definition) is 9. The van der Waals surface area contributed by atoms with E-state index in [4.69, 9.17) is 27.9 Å². The summed E-state index contributed by atoms with van der Waals surface area (Å²) in [6.45, 7) is 0. The number of rotatable bonds is 9. The lowest BCUT2D eigenvalue weighted by atomic mass is 10.1.